The van der Waals surface area contributed by atoms with Gasteiger partial charge in [-0.25, -0.2) is 0 Å². The van der Waals surface area contributed by atoms with Gasteiger partial charge in [-0.1, -0.05) is 12.1 Å². The smallest absolute Gasteiger partial charge is 0.423 e. The van der Waals surface area contributed by atoms with Gasteiger partial charge in [0.05, 0.1) is 6.67 Å². The zero-order valence-corrected chi connectivity index (χ0v) is 9.21. The van der Waals surface area contributed by atoms with Gasteiger partial charge in [-0.05, 0) is 36.2 Å². The third kappa shape index (κ3) is 4.68. The Balaban J connectivity index is 2.36. The number of benzene rings is 1. The first-order chi connectivity index (χ1) is 7.24. The van der Waals surface area contributed by atoms with E-state index in [-0.39, 0.29) is 6.67 Å². The van der Waals surface area contributed by atoms with Gasteiger partial charge in [0.25, 0.3) is 0 Å². The maximum absolute atomic E-state index is 11.8. The molecule has 2 N–H and O–H groups in total. The number of hydrogen-bond donors (Lipinski definition) is 2. The van der Waals surface area contributed by atoms with Crippen molar-refractivity contribution in [1.82, 2.24) is 0 Å². The lowest BCUT2D eigenvalue weighted by atomic mass is 9.81. The maximum atomic E-state index is 11.8. The lowest BCUT2D eigenvalue weighted by Gasteiger charge is -2.02. The lowest BCUT2D eigenvalue weighted by Crippen LogP contribution is -2.29. The van der Waals surface area contributed by atoms with Crippen molar-refractivity contribution < 1.29 is 14.4 Å². The normalized spacial score (nSPS) is 10.3. The molecular formula is C10H14BFO2S. The van der Waals surface area contributed by atoms with Crippen LogP contribution in [0.15, 0.2) is 29.2 Å². The van der Waals surface area contributed by atoms with Crippen LogP contribution in [0.3, 0.4) is 0 Å². The molecule has 15 heavy (non-hydrogen) atoms. The predicted octanol–water partition coefficient (Wildman–Crippen LogP) is 1.21. The summed E-state index contributed by atoms with van der Waals surface area (Å²) in [6.07, 6.45) is 1.48. The number of halogens is 1. The zero-order chi connectivity index (χ0) is 11.1. The fourth-order valence-corrected chi connectivity index (χ4v) is 2.04. The van der Waals surface area contributed by atoms with Crippen molar-refractivity contribution in [2.45, 2.75) is 17.7 Å². The summed E-state index contributed by atoms with van der Waals surface area (Å²) in [7, 11) is -1.41. The number of thioether (sulfide) groups is 1. The maximum Gasteiger partial charge on any atom is 0.488 e. The summed E-state index contributed by atoms with van der Waals surface area (Å²) >= 11 is 1.65. The summed E-state index contributed by atoms with van der Waals surface area (Å²) in [6, 6.07) is 7.05. The van der Waals surface area contributed by atoms with E-state index in [4.69, 9.17) is 10.0 Å². The van der Waals surface area contributed by atoms with Gasteiger partial charge < -0.3 is 10.0 Å². The summed E-state index contributed by atoms with van der Waals surface area (Å²) in [5.74, 6) is 0.894. The molecule has 1 aromatic rings. The van der Waals surface area contributed by atoms with Gasteiger partial charge in [0.1, 0.15) is 0 Å². The van der Waals surface area contributed by atoms with Crippen LogP contribution in [0, 0.1) is 0 Å². The molecule has 0 fully saturated rings. The molecule has 0 spiro atoms. The van der Waals surface area contributed by atoms with Crippen LogP contribution < -0.4 is 5.46 Å². The molecule has 0 amide bonds. The van der Waals surface area contributed by atoms with Crippen LogP contribution in [0.4, 0.5) is 4.39 Å². The van der Waals surface area contributed by atoms with E-state index in [1.54, 1.807) is 23.9 Å². The van der Waals surface area contributed by atoms with E-state index in [1.165, 1.54) is 0 Å². The van der Waals surface area contributed by atoms with E-state index < -0.39 is 7.12 Å². The van der Waals surface area contributed by atoms with E-state index in [1.807, 2.05) is 12.1 Å². The summed E-state index contributed by atoms with van der Waals surface area (Å²) < 4.78 is 11.8. The van der Waals surface area contributed by atoms with Crippen molar-refractivity contribution in [2.24, 2.45) is 0 Å². The van der Waals surface area contributed by atoms with E-state index in [0.29, 0.717) is 11.9 Å². The standard InChI is InChI=1S/C10H14BFO2S/c12-7-1-2-8-15-10-5-3-9(4-6-10)11(13)14/h3-6,13-14H,1-2,7-8H2. The topological polar surface area (TPSA) is 40.5 Å². The van der Waals surface area contributed by atoms with Crippen LogP contribution in [0.5, 0.6) is 0 Å². The minimum Gasteiger partial charge on any atom is -0.423 e. The molecule has 1 aromatic carbocycles. The molecule has 0 radical (unpaired) electrons. The molecule has 0 saturated heterocycles. The zero-order valence-electron chi connectivity index (χ0n) is 8.40. The molecule has 1 rings (SSSR count). The minimum absolute atomic E-state index is 0.254. The van der Waals surface area contributed by atoms with Crippen LogP contribution in [-0.2, 0) is 0 Å². The molecule has 0 aromatic heterocycles. The number of alkyl halides is 1. The van der Waals surface area contributed by atoms with Gasteiger partial charge in [0, 0.05) is 4.90 Å². The number of rotatable bonds is 6. The van der Waals surface area contributed by atoms with Crippen LogP contribution in [0.25, 0.3) is 0 Å². The quantitative estimate of drug-likeness (QED) is 0.436. The Morgan fingerprint density at radius 2 is 1.80 bits per heavy atom. The number of unbranched alkanes of at least 4 members (excludes halogenated alkanes) is 1. The fourth-order valence-electron chi connectivity index (χ4n) is 1.12. The van der Waals surface area contributed by atoms with E-state index in [0.717, 1.165) is 17.1 Å². The van der Waals surface area contributed by atoms with Crippen molar-refractivity contribution in [2.75, 3.05) is 12.4 Å². The van der Waals surface area contributed by atoms with Crippen molar-refractivity contribution in [3.63, 3.8) is 0 Å². The Kier molecular flexibility index (Phi) is 5.75. The second-order valence-corrected chi connectivity index (χ2v) is 4.36. The highest BCUT2D eigenvalue weighted by Gasteiger charge is 2.09. The molecular weight excluding hydrogens is 214 g/mol. The molecule has 0 unspecified atom stereocenters. The molecule has 82 valence electrons. The van der Waals surface area contributed by atoms with Gasteiger partial charge >= 0.3 is 7.12 Å². The molecule has 0 aliphatic heterocycles. The van der Waals surface area contributed by atoms with Crippen molar-refractivity contribution in [3.8, 4) is 0 Å². The predicted molar refractivity (Wildman–Crippen MR) is 62.2 cm³/mol. The fraction of sp³-hybridized carbons (Fsp3) is 0.400. The monoisotopic (exact) mass is 228 g/mol. The minimum atomic E-state index is -1.41. The first kappa shape index (κ1) is 12.6. The van der Waals surface area contributed by atoms with Crippen LogP contribution in [0.2, 0.25) is 0 Å². The molecule has 0 atom stereocenters. The third-order valence-corrected chi connectivity index (χ3v) is 3.07. The number of hydrogen-bond acceptors (Lipinski definition) is 3. The van der Waals surface area contributed by atoms with Gasteiger partial charge in [-0.2, -0.15) is 0 Å². The summed E-state index contributed by atoms with van der Waals surface area (Å²) in [4.78, 5) is 1.07. The molecule has 2 nitrogen and oxygen atoms in total. The first-order valence-corrected chi connectivity index (χ1v) is 5.87. The summed E-state index contributed by atoms with van der Waals surface area (Å²) in [5, 5.41) is 17.7. The van der Waals surface area contributed by atoms with Gasteiger partial charge in [0.15, 0.2) is 0 Å². The average molecular weight is 228 g/mol. The van der Waals surface area contributed by atoms with E-state index in [9.17, 15) is 4.39 Å². The van der Waals surface area contributed by atoms with Crippen molar-refractivity contribution in [1.29, 1.82) is 0 Å². The SMILES string of the molecule is OB(O)c1ccc(SCCCCF)cc1. The van der Waals surface area contributed by atoms with Gasteiger partial charge in [-0.15, -0.1) is 11.8 Å². The third-order valence-electron chi connectivity index (χ3n) is 1.97. The highest BCUT2D eigenvalue weighted by Crippen LogP contribution is 2.17. The second-order valence-electron chi connectivity index (χ2n) is 3.19. The average Bonchev–Trinajstić information content (AvgIpc) is 2.25. The van der Waals surface area contributed by atoms with Crippen LogP contribution in [-0.4, -0.2) is 29.6 Å². The molecule has 0 aliphatic carbocycles. The van der Waals surface area contributed by atoms with Crippen molar-refractivity contribution in [3.05, 3.63) is 24.3 Å². The Morgan fingerprint density at radius 1 is 1.13 bits per heavy atom. The van der Waals surface area contributed by atoms with Crippen LogP contribution >= 0.6 is 11.8 Å². The van der Waals surface area contributed by atoms with E-state index in [2.05, 4.69) is 0 Å². The molecule has 0 saturated carbocycles. The largest absolute Gasteiger partial charge is 0.488 e. The van der Waals surface area contributed by atoms with Crippen molar-refractivity contribution >= 4 is 24.3 Å². The molecule has 0 aliphatic rings. The van der Waals surface area contributed by atoms with Gasteiger partial charge in [0.2, 0.25) is 0 Å². The molecule has 0 bridgehead atoms. The van der Waals surface area contributed by atoms with Crippen LogP contribution in [0.1, 0.15) is 12.8 Å². The lowest BCUT2D eigenvalue weighted by molar-refractivity contribution is 0.425. The Morgan fingerprint density at radius 3 is 2.33 bits per heavy atom. The summed E-state index contributed by atoms with van der Waals surface area (Å²) in [5.41, 5.74) is 0.489. The molecule has 0 heterocycles. The highest BCUT2D eigenvalue weighted by atomic mass is 32.2. The Labute approximate surface area is 93.7 Å². The van der Waals surface area contributed by atoms with Gasteiger partial charge in [-0.3, -0.25) is 4.39 Å². The second kappa shape index (κ2) is 6.88. The Hall–Kier alpha value is -0.515. The van der Waals surface area contributed by atoms with E-state index >= 15 is 0 Å². The summed E-state index contributed by atoms with van der Waals surface area (Å²) in [6.45, 7) is -0.254. The Bertz CT molecular complexity index is 279. The molecule has 5 heteroatoms. The first-order valence-electron chi connectivity index (χ1n) is 4.89. The highest BCUT2D eigenvalue weighted by molar-refractivity contribution is 7.99.